The average molecular weight is 270 g/mol. The van der Waals surface area contributed by atoms with Gasteiger partial charge in [0.1, 0.15) is 6.04 Å². The highest BCUT2D eigenvalue weighted by molar-refractivity contribution is 5.92. The molecule has 0 spiro atoms. The summed E-state index contributed by atoms with van der Waals surface area (Å²) in [5, 5.41) is 2.70. The average Bonchev–Trinajstić information content (AvgIpc) is 2.34. The van der Waals surface area contributed by atoms with E-state index in [4.69, 9.17) is 10.5 Å². The molecule has 0 radical (unpaired) electrons. The van der Waals surface area contributed by atoms with Crippen molar-refractivity contribution in [2.75, 3.05) is 13.2 Å². The lowest BCUT2D eigenvalue weighted by Crippen LogP contribution is -2.50. The van der Waals surface area contributed by atoms with E-state index in [0.29, 0.717) is 18.7 Å². The molecule has 0 aliphatic rings. The van der Waals surface area contributed by atoms with Crippen LogP contribution >= 0.6 is 0 Å². The maximum atomic E-state index is 11.8. The standard InChI is InChI=1S/C14H26N2O3/c1-6-7-8-19-13(18)11(15)14(4,5)9-16-12(17)10(2)3/h11H,2,6-9,15H2,1,3-5H3,(H,16,17). The maximum Gasteiger partial charge on any atom is 0.323 e. The van der Waals surface area contributed by atoms with Gasteiger partial charge in [-0.1, -0.05) is 33.8 Å². The molecule has 3 N–H and O–H groups in total. The predicted octanol–water partition coefficient (Wildman–Crippen LogP) is 1.38. The van der Waals surface area contributed by atoms with Crippen LogP contribution < -0.4 is 11.1 Å². The van der Waals surface area contributed by atoms with Gasteiger partial charge < -0.3 is 15.8 Å². The van der Waals surface area contributed by atoms with Gasteiger partial charge in [0.2, 0.25) is 5.91 Å². The molecule has 0 aliphatic heterocycles. The van der Waals surface area contributed by atoms with E-state index >= 15 is 0 Å². The zero-order valence-corrected chi connectivity index (χ0v) is 12.4. The quantitative estimate of drug-likeness (QED) is 0.396. The first-order valence-corrected chi connectivity index (χ1v) is 6.58. The highest BCUT2D eigenvalue weighted by Crippen LogP contribution is 2.19. The summed E-state index contributed by atoms with van der Waals surface area (Å²) in [4.78, 5) is 23.2. The summed E-state index contributed by atoms with van der Waals surface area (Å²) >= 11 is 0. The molecule has 0 aromatic rings. The van der Waals surface area contributed by atoms with E-state index in [-0.39, 0.29) is 5.91 Å². The molecule has 5 heteroatoms. The fourth-order valence-corrected chi connectivity index (χ4v) is 1.29. The Balaban J connectivity index is 4.33. The molecule has 0 aromatic heterocycles. The third-order valence-corrected chi connectivity index (χ3v) is 2.93. The van der Waals surface area contributed by atoms with Crippen LogP contribution in [-0.4, -0.2) is 31.1 Å². The summed E-state index contributed by atoms with van der Waals surface area (Å²) in [6, 6.07) is -0.769. The molecule has 0 heterocycles. The van der Waals surface area contributed by atoms with E-state index in [1.807, 2.05) is 20.8 Å². The molecule has 1 amide bonds. The zero-order valence-electron chi connectivity index (χ0n) is 12.4. The van der Waals surface area contributed by atoms with Crippen molar-refractivity contribution in [3.63, 3.8) is 0 Å². The van der Waals surface area contributed by atoms with Crippen LogP contribution in [-0.2, 0) is 14.3 Å². The second kappa shape index (κ2) is 7.94. The van der Waals surface area contributed by atoms with Crippen molar-refractivity contribution in [1.29, 1.82) is 0 Å². The van der Waals surface area contributed by atoms with E-state index < -0.39 is 17.4 Å². The molecule has 0 aliphatic carbocycles. The topological polar surface area (TPSA) is 81.4 Å². The van der Waals surface area contributed by atoms with E-state index in [1.165, 1.54) is 0 Å². The Morgan fingerprint density at radius 2 is 2.00 bits per heavy atom. The van der Waals surface area contributed by atoms with Crippen molar-refractivity contribution in [2.45, 2.75) is 46.6 Å². The first kappa shape index (κ1) is 17.6. The van der Waals surface area contributed by atoms with Crippen LogP contribution in [0.2, 0.25) is 0 Å². The summed E-state index contributed by atoms with van der Waals surface area (Å²) in [7, 11) is 0. The van der Waals surface area contributed by atoms with Crippen LogP contribution in [0, 0.1) is 5.41 Å². The molecule has 0 fully saturated rings. The molecule has 0 aromatic carbocycles. The van der Waals surface area contributed by atoms with Crippen LogP contribution in [0.15, 0.2) is 12.2 Å². The SMILES string of the molecule is C=C(C)C(=O)NCC(C)(C)C(N)C(=O)OCCCC. The zero-order chi connectivity index (χ0) is 15.1. The van der Waals surface area contributed by atoms with Gasteiger partial charge in [-0.25, -0.2) is 0 Å². The Kier molecular flexibility index (Phi) is 7.37. The van der Waals surface area contributed by atoms with Crippen LogP contribution in [0.4, 0.5) is 0 Å². The minimum absolute atomic E-state index is 0.236. The van der Waals surface area contributed by atoms with Crippen molar-refractivity contribution in [2.24, 2.45) is 11.1 Å². The molecule has 1 unspecified atom stereocenters. The molecular formula is C14H26N2O3. The fourth-order valence-electron chi connectivity index (χ4n) is 1.29. The third-order valence-electron chi connectivity index (χ3n) is 2.93. The summed E-state index contributed by atoms with van der Waals surface area (Å²) in [6.07, 6.45) is 1.78. The first-order valence-electron chi connectivity index (χ1n) is 6.58. The van der Waals surface area contributed by atoms with Gasteiger partial charge in [0.15, 0.2) is 0 Å². The number of hydrogen-bond donors (Lipinski definition) is 2. The smallest absolute Gasteiger partial charge is 0.323 e. The Morgan fingerprint density at radius 1 is 1.42 bits per heavy atom. The van der Waals surface area contributed by atoms with E-state index in [0.717, 1.165) is 12.8 Å². The number of unbranched alkanes of at least 4 members (excludes halogenated alkanes) is 1. The van der Waals surface area contributed by atoms with Crippen molar-refractivity contribution in [3.8, 4) is 0 Å². The second-order valence-electron chi connectivity index (χ2n) is 5.45. The molecule has 0 bridgehead atoms. The van der Waals surface area contributed by atoms with E-state index in [9.17, 15) is 9.59 Å². The highest BCUT2D eigenvalue weighted by Gasteiger charge is 2.33. The van der Waals surface area contributed by atoms with Gasteiger partial charge in [0.25, 0.3) is 0 Å². The van der Waals surface area contributed by atoms with Crippen LogP contribution in [0.3, 0.4) is 0 Å². The normalized spacial score (nSPS) is 12.7. The van der Waals surface area contributed by atoms with Gasteiger partial charge >= 0.3 is 5.97 Å². The lowest BCUT2D eigenvalue weighted by Gasteiger charge is -2.30. The first-order chi connectivity index (χ1) is 8.72. The van der Waals surface area contributed by atoms with Crippen LogP contribution in [0.5, 0.6) is 0 Å². The molecule has 19 heavy (non-hydrogen) atoms. The van der Waals surface area contributed by atoms with Crippen molar-refractivity contribution in [3.05, 3.63) is 12.2 Å². The van der Waals surface area contributed by atoms with Gasteiger partial charge in [-0.05, 0) is 13.3 Å². The number of nitrogens with one attached hydrogen (secondary N) is 1. The Labute approximate surface area is 115 Å². The van der Waals surface area contributed by atoms with Gasteiger partial charge in [-0.3, -0.25) is 9.59 Å². The Hall–Kier alpha value is -1.36. The van der Waals surface area contributed by atoms with Crippen molar-refractivity contribution in [1.82, 2.24) is 5.32 Å². The van der Waals surface area contributed by atoms with Crippen LogP contribution in [0.25, 0.3) is 0 Å². The van der Waals surface area contributed by atoms with Gasteiger partial charge in [0.05, 0.1) is 6.61 Å². The summed E-state index contributed by atoms with van der Waals surface area (Å²) in [5.74, 6) is -0.664. The van der Waals surface area contributed by atoms with E-state index in [2.05, 4.69) is 11.9 Å². The number of rotatable bonds is 8. The van der Waals surface area contributed by atoms with Crippen molar-refractivity contribution < 1.29 is 14.3 Å². The fraction of sp³-hybridized carbons (Fsp3) is 0.714. The summed E-state index contributed by atoms with van der Waals surface area (Å²) in [5.41, 5.74) is 5.74. The number of ether oxygens (including phenoxy) is 1. The number of esters is 1. The molecular weight excluding hydrogens is 244 g/mol. The molecule has 1 atom stereocenters. The number of nitrogens with two attached hydrogens (primary N) is 1. The minimum Gasteiger partial charge on any atom is -0.465 e. The molecule has 110 valence electrons. The van der Waals surface area contributed by atoms with Gasteiger partial charge in [0, 0.05) is 17.5 Å². The summed E-state index contributed by atoms with van der Waals surface area (Å²) < 4.78 is 5.09. The molecule has 5 nitrogen and oxygen atoms in total. The monoisotopic (exact) mass is 270 g/mol. The van der Waals surface area contributed by atoms with Crippen molar-refractivity contribution >= 4 is 11.9 Å². The third kappa shape index (κ3) is 6.38. The lowest BCUT2D eigenvalue weighted by molar-refractivity contribution is -0.148. The summed E-state index contributed by atoms with van der Waals surface area (Å²) in [6.45, 7) is 11.5. The number of carbonyl (C=O) groups excluding carboxylic acids is 2. The van der Waals surface area contributed by atoms with Gasteiger partial charge in [-0.15, -0.1) is 0 Å². The number of carbonyl (C=O) groups is 2. The second-order valence-corrected chi connectivity index (χ2v) is 5.45. The minimum atomic E-state index is -0.769. The molecule has 0 rings (SSSR count). The van der Waals surface area contributed by atoms with Gasteiger partial charge in [-0.2, -0.15) is 0 Å². The molecule has 0 saturated carbocycles. The van der Waals surface area contributed by atoms with Crippen LogP contribution in [0.1, 0.15) is 40.5 Å². The Bertz CT molecular complexity index is 338. The Morgan fingerprint density at radius 3 is 2.47 bits per heavy atom. The lowest BCUT2D eigenvalue weighted by atomic mass is 9.84. The maximum absolute atomic E-state index is 11.8. The van der Waals surface area contributed by atoms with E-state index in [1.54, 1.807) is 6.92 Å². The predicted molar refractivity (Wildman–Crippen MR) is 75.4 cm³/mol. The number of hydrogen-bond acceptors (Lipinski definition) is 4. The largest absolute Gasteiger partial charge is 0.465 e. The number of amides is 1. The highest BCUT2D eigenvalue weighted by atomic mass is 16.5. The molecule has 0 saturated heterocycles.